The van der Waals surface area contributed by atoms with Crippen LogP contribution in [-0.4, -0.2) is 19.0 Å². The second-order valence-electron chi connectivity index (χ2n) is 6.13. The fraction of sp³-hybridized carbons (Fsp3) is 0.238. The quantitative estimate of drug-likeness (QED) is 0.458. The third-order valence-electron chi connectivity index (χ3n) is 3.71. The fourth-order valence-corrected chi connectivity index (χ4v) is 2.15. The Balaban J connectivity index is 2.00. The molecule has 0 saturated carbocycles. The smallest absolute Gasteiger partial charge is 0.313 e. The van der Waals surface area contributed by atoms with Gasteiger partial charge in [-0.2, -0.15) is 0 Å². The molecule has 0 heterocycles. The number of hydrogen-bond acceptors (Lipinski definition) is 4. The Kier molecular flexibility index (Phi) is 7.11. The van der Waals surface area contributed by atoms with Gasteiger partial charge in [0.05, 0.1) is 13.0 Å². The Morgan fingerprint density at radius 3 is 2.56 bits per heavy atom. The van der Waals surface area contributed by atoms with Crippen LogP contribution in [0.1, 0.15) is 25.0 Å². The molecule has 0 fully saturated rings. The molecule has 0 spiro atoms. The highest BCUT2D eigenvalue weighted by atomic mass is 19.1. The van der Waals surface area contributed by atoms with E-state index in [0.717, 1.165) is 0 Å². The fourth-order valence-electron chi connectivity index (χ4n) is 2.15. The summed E-state index contributed by atoms with van der Waals surface area (Å²) in [6.07, 6.45) is 2.93. The number of nitrogens with one attached hydrogen (secondary N) is 1. The lowest BCUT2D eigenvalue weighted by atomic mass is 10.1. The van der Waals surface area contributed by atoms with Crippen molar-refractivity contribution in [3.05, 3.63) is 65.5 Å². The second kappa shape index (κ2) is 9.52. The van der Waals surface area contributed by atoms with Crippen LogP contribution in [0.3, 0.4) is 0 Å². The summed E-state index contributed by atoms with van der Waals surface area (Å²) < 4.78 is 24.0. The molecule has 2 aromatic carbocycles. The average molecular weight is 371 g/mol. The highest BCUT2D eigenvalue weighted by Crippen LogP contribution is 2.29. The van der Waals surface area contributed by atoms with Gasteiger partial charge in [0.15, 0.2) is 11.5 Å². The summed E-state index contributed by atoms with van der Waals surface area (Å²) in [5.74, 6) is -0.627. The van der Waals surface area contributed by atoms with Gasteiger partial charge in [-0.3, -0.25) is 9.59 Å². The number of esters is 1. The van der Waals surface area contributed by atoms with E-state index in [1.807, 2.05) is 0 Å². The first-order valence-corrected chi connectivity index (χ1v) is 8.49. The van der Waals surface area contributed by atoms with Crippen LogP contribution in [0.4, 0.5) is 4.39 Å². The molecule has 27 heavy (non-hydrogen) atoms. The van der Waals surface area contributed by atoms with E-state index in [1.54, 1.807) is 56.3 Å². The van der Waals surface area contributed by atoms with Crippen molar-refractivity contribution in [2.75, 3.05) is 7.11 Å². The van der Waals surface area contributed by atoms with E-state index >= 15 is 0 Å². The molecular formula is C21H22FNO4. The zero-order valence-corrected chi connectivity index (χ0v) is 15.5. The number of amides is 1. The minimum Gasteiger partial charge on any atom is -0.493 e. The number of hydrogen-bond donors (Lipinski definition) is 1. The van der Waals surface area contributed by atoms with Crippen molar-refractivity contribution in [2.24, 2.45) is 5.92 Å². The summed E-state index contributed by atoms with van der Waals surface area (Å²) in [5.41, 5.74) is 1.11. The SMILES string of the molecule is COc1cc(/C=C/C(=O)NCc2ccccc2F)ccc1OC(=O)C(C)C. The molecule has 2 rings (SSSR count). The van der Waals surface area contributed by atoms with Crippen molar-refractivity contribution in [1.29, 1.82) is 0 Å². The van der Waals surface area contributed by atoms with E-state index in [9.17, 15) is 14.0 Å². The van der Waals surface area contributed by atoms with Crippen molar-refractivity contribution in [2.45, 2.75) is 20.4 Å². The topological polar surface area (TPSA) is 64.6 Å². The number of methoxy groups -OCH3 is 1. The Labute approximate surface area is 157 Å². The van der Waals surface area contributed by atoms with Crippen molar-refractivity contribution in [3.8, 4) is 11.5 Å². The molecule has 0 aliphatic carbocycles. The van der Waals surface area contributed by atoms with Crippen LogP contribution in [0.5, 0.6) is 11.5 Å². The lowest BCUT2D eigenvalue weighted by Crippen LogP contribution is -2.20. The van der Waals surface area contributed by atoms with Gasteiger partial charge in [-0.15, -0.1) is 0 Å². The van der Waals surface area contributed by atoms with Gasteiger partial charge in [0.2, 0.25) is 5.91 Å². The van der Waals surface area contributed by atoms with E-state index in [4.69, 9.17) is 9.47 Å². The molecule has 142 valence electrons. The molecule has 1 amide bonds. The Hall–Kier alpha value is -3.15. The predicted molar refractivity (Wildman–Crippen MR) is 101 cm³/mol. The summed E-state index contributed by atoms with van der Waals surface area (Å²) in [5, 5.41) is 2.62. The minimum atomic E-state index is -0.363. The monoisotopic (exact) mass is 371 g/mol. The lowest BCUT2D eigenvalue weighted by molar-refractivity contribution is -0.137. The van der Waals surface area contributed by atoms with Gasteiger partial charge >= 0.3 is 5.97 Å². The molecule has 6 heteroatoms. The number of halogens is 1. The molecule has 0 aliphatic rings. The van der Waals surface area contributed by atoms with Crippen LogP contribution < -0.4 is 14.8 Å². The minimum absolute atomic E-state index is 0.100. The average Bonchev–Trinajstić information content (AvgIpc) is 2.66. The summed E-state index contributed by atoms with van der Waals surface area (Å²) in [6, 6.07) is 11.2. The van der Waals surface area contributed by atoms with Gasteiger partial charge in [0.1, 0.15) is 5.82 Å². The molecule has 0 saturated heterocycles. The largest absolute Gasteiger partial charge is 0.493 e. The van der Waals surface area contributed by atoms with E-state index < -0.39 is 0 Å². The lowest BCUT2D eigenvalue weighted by Gasteiger charge is -2.11. The zero-order chi connectivity index (χ0) is 19.8. The summed E-state index contributed by atoms with van der Waals surface area (Å²) in [6.45, 7) is 3.58. The zero-order valence-electron chi connectivity index (χ0n) is 15.5. The maximum absolute atomic E-state index is 13.5. The van der Waals surface area contributed by atoms with E-state index in [2.05, 4.69) is 5.32 Å². The molecule has 0 bridgehead atoms. The first kappa shape index (κ1) is 20.2. The summed E-state index contributed by atoms with van der Waals surface area (Å²) >= 11 is 0. The summed E-state index contributed by atoms with van der Waals surface area (Å²) in [7, 11) is 1.47. The van der Waals surface area contributed by atoms with Crippen LogP contribution in [0, 0.1) is 11.7 Å². The Morgan fingerprint density at radius 1 is 1.15 bits per heavy atom. The van der Waals surface area contributed by atoms with Crippen molar-refractivity contribution in [3.63, 3.8) is 0 Å². The van der Waals surface area contributed by atoms with Crippen molar-refractivity contribution < 1.29 is 23.5 Å². The van der Waals surface area contributed by atoms with Crippen LogP contribution in [0.25, 0.3) is 6.08 Å². The molecule has 1 N–H and O–H groups in total. The number of carbonyl (C=O) groups excluding carboxylic acids is 2. The van der Waals surface area contributed by atoms with E-state index in [-0.39, 0.29) is 30.2 Å². The Morgan fingerprint density at radius 2 is 1.89 bits per heavy atom. The Bertz CT molecular complexity index is 846. The van der Waals surface area contributed by atoms with Crippen LogP contribution in [0.15, 0.2) is 48.5 Å². The molecule has 0 unspecified atom stereocenters. The maximum Gasteiger partial charge on any atom is 0.313 e. The van der Waals surface area contributed by atoms with E-state index in [0.29, 0.717) is 22.6 Å². The number of benzene rings is 2. The first-order chi connectivity index (χ1) is 12.9. The molecule has 0 atom stereocenters. The van der Waals surface area contributed by atoms with Gasteiger partial charge in [0, 0.05) is 18.2 Å². The van der Waals surface area contributed by atoms with Crippen molar-refractivity contribution >= 4 is 18.0 Å². The maximum atomic E-state index is 13.5. The standard InChI is InChI=1S/C21H22FNO4/c1-14(2)21(25)27-18-10-8-15(12-19(18)26-3)9-11-20(24)23-13-16-6-4-5-7-17(16)22/h4-12,14H,13H2,1-3H3,(H,23,24)/b11-9+. The number of ether oxygens (including phenoxy) is 2. The molecule has 0 aromatic heterocycles. The van der Waals surface area contributed by atoms with Crippen molar-refractivity contribution in [1.82, 2.24) is 5.32 Å². The molecular weight excluding hydrogens is 349 g/mol. The highest BCUT2D eigenvalue weighted by Gasteiger charge is 2.13. The van der Waals surface area contributed by atoms with Crippen LogP contribution in [-0.2, 0) is 16.1 Å². The molecule has 5 nitrogen and oxygen atoms in total. The van der Waals surface area contributed by atoms with E-state index in [1.165, 1.54) is 19.3 Å². The summed E-state index contributed by atoms with van der Waals surface area (Å²) in [4.78, 5) is 23.6. The predicted octanol–water partition coefficient (Wildman–Crippen LogP) is 3.73. The van der Waals surface area contributed by atoms with Gasteiger partial charge in [-0.1, -0.05) is 38.1 Å². The first-order valence-electron chi connectivity index (χ1n) is 8.49. The van der Waals surface area contributed by atoms with Crippen LogP contribution >= 0.6 is 0 Å². The number of carbonyl (C=O) groups is 2. The third kappa shape index (κ3) is 5.95. The molecule has 0 aliphatic heterocycles. The van der Waals surface area contributed by atoms with Gasteiger partial charge in [0.25, 0.3) is 0 Å². The van der Waals surface area contributed by atoms with Gasteiger partial charge < -0.3 is 14.8 Å². The third-order valence-corrected chi connectivity index (χ3v) is 3.71. The normalized spacial score (nSPS) is 10.9. The molecule has 2 aromatic rings. The van der Waals surface area contributed by atoms with Gasteiger partial charge in [-0.05, 0) is 29.8 Å². The second-order valence-corrected chi connectivity index (χ2v) is 6.13. The molecule has 0 radical (unpaired) electrons. The number of rotatable bonds is 7. The highest BCUT2D eigenvalue weighted by molar-refractivity contribution is 5.91. The van der Waals surface area contributed by atoms with Crippen LogP contribution in [0.2, 0.25) is 0 Å². The van der Waals surface area contributed by atoms with Gasteiger partial charge in [-0.25, -0.2) is 4.39 Å².